The molecule has 0 aliphatic carbocycles. The number of pyridine rings is 2. The third kappa shape index (κ3) is 3.99. The van der Waals surface area contributed by atoms with Gasteiger partial charge in [0.15, 0.2) is 0 Å². The number of nitrogen functional groups attached to an aromatic ring is 1. The quantitative estimate of drug-likeness (QED) is 0.434. The van der Waals surface area contributed by atoms with Crippen LogP contribution in [0.15, 0.2) is 73.4 Å². The van der Waals surface area contributed by atoms with E-state index in [1.165, 1.54) is 18.6 Å². The number of aromatic nitrogens is 6. The molecule has 9 heteroatoms. The number of hydrogen-bond acceptors (Lipinski definition) is 7. The van der Waals surface area contributed by atoms with Crippen LogP contribution in [0.2, 0.25) is 0 Å². The van der Waals surface area contributed by atoms with E-state index >= 15 is 0 Å². The second-order valence-corrected chi connectivity index (χ2v) is 7.46. The van der Waals surface area contributed by atoms with Gasteiger partial charge in [-0.25, -0.2) is 15.0 Å². The molecule has 0 unspecified atom stereocenters. The Morgan fingerprint density at radius 3 is 2.64 bits per heavy atom. The topological polar surface area (TPSA) is 124 Å². The molecule has 162 valence electrons. The summed E-state index contributed by atoms with van der Waals surface area (Å²) in [5.41, 5.74) is 11.6. The fourth-order valence-electron chi connectivity index (χ4n) is 3.58. The van der Waals surface area contributed by atoms with Gasteiger partial charge in [-0.1, -0.05) is 12.1 Å². The van der Waals surface area contributed by atoms with Gasteiger partial charge in [0.2, 0.25) is 0 Å². The molecule has 0 saturated carbocycles. The molecule has 0 saturated heterocycles. The molecule has 0 aliphatic rings. The number of nitrogens with zero attached hydrogens (tertiary/aromatic N) is 6. The van der Waals surface area contributed by atoms with Gasteiger partial charge in [0.25, 0.3) is 5.91 Å². The Kier molecular flexibility index (Phi) is 5.19. The first-order valence-electron chi connectivity index (χ1n) is 10.3. The lowest BCUT2D eigenvalue weighted by Gasteiger charge is -2.12. The summed E-state index contributed by atoms with van der Waals surface area (Å²) >= 11 is 0. The van der Waals surface area contributed by atoms with Gasteiger partial charge in [-0.3, -0.25) is 19.3 Å². The van der Waals surface area contributed by atoms with Crippen molar-refractivity contribution in [1.29, 1.82) is 0 Å². The molecule has 0 spiro atoms. The summed E-state index contributed by atoms with van der Waals surface area (Å²) in [4.78, 5) is 33.7. The Hall–Kier alpha value is -4.66. The van der Waals surface area contributed by atoms with Crippen molar-refractivity contribution >= 4 is 22.8 Å². The number of nitrogens with two attached hydrogens (primary N) is 1. The molecule has 5 aromatic rings. The molecule has 0 aliphatic heterocycles. The van der Waals surface area contributed by atoms with Crippen molar-refractivity contribution in [2.24, 2.45) is 0 Å². The maximum Gasteiger partial charge on any atom is 0.271 e. The first-order valence-corrected chi connectivity index (χ1v) is 10.3. The van der Waals surface area contributed by atoms with E-state index in [1.807, 2.05) is 60.2 Å². The van der Waals surface area contributed by atoms with Crippen LogP contribution >= 0.6 is 0 Å². The monoisotopic (exact) mass is 436 g/mol. The summed E-state index contributed by atoms with van der Waals surface area (Å²) in [6.07, 6.45) is 7.91. The number of amides is 1. The first-order chi connectivity index (χ1) is 16.1. The average molecular weight is 436 g/mol. The highest BCUT2D eigenvalue weighted by molar-refractivity contribution is 5.91. The molecule has 3 N–H and O–H groups in total. The van der Waals surface area contributed by atoms with Crippen molar-refractivity contribution in [3.63, 3.8) is 0 Å². The Labute approximate surface area is 189 Å². The van der Waals surface area contributed by atoms with Crippen molar-refractivity contribution in [2.75, 3.05) is 5.73 Å². The van der Waals surface area contributed by atoms with Crippen LogP contribution in [-0.2, 0) is 6.54 Å². The molecule has 33 heavy (non-hydrogen) atoms. The van der Waals surface area contributed by atoms with Crippen LogP contribution in [0.25, 0.3) is 28.1 Å². The second-order valence-electron chi connectivity index (χ2n) is 7.46. The predicted molar refractivity (Wildman–Crippen MR) is 124 cm³/mol. The normalized spacial score (nSPS) is 10.9. The van der Waals surface area contributed by atoms with E-state index in [-0.39, 0.29) is 11.6 Å². The van der Waals surface area contributed by atoms with Gasteiger partial charge >= 0.3 is 0 Å². The van der Waals surface area contributed by atoms with Gasteiger partial charge in [0, 0.05) is 36.5 Å². The number of carbonyl (C=O) groups is 1. The summed E-state index contributed by atoms with van der Waals surface area (Å²) < 4.78 is 2.01. The lowest BCUT2D eigenvalue weighted by molar-refractivity contribution is 0.0945. The Bertz CT molecular complexity index is 1450. The van der Waals surface area contributed by atoms with Crippen molar-refractivity contribution in [3.05, 3.63) is 90.4 Å². The fourth-order valence-corrected chi connectivity index (χ4v) is 3.58. The summed E-state index contributed by atoms with van der Waals surface area (Å²) in [5.74, 6) is 0.817. The SMILES string of the molecule is Cc1cc2nc(-c3cccnc3N)n(-c3ccc(CNC(=O)c4cnccn4)cc3)c2cn1. The smallest absolute Gasteiger partial charge is 0.271 e. The Morgan fingerprint density at radius 1 is 1.03 bits per heavy atom. The van der Waals surface area contributed by atoms with Crippen molar-refractivity contribution < 1.29 is 4.79 Å². The first kappa shape index (κ1) is 20.3. The third-order valence-electron chi connectivity index (χ3n) is 5.20. The van der Waals surface area contributed by atoms with Crippen LogP contribution in [-0.4, -0.2) is 35.4 Å². The highest BCUT2D eigenvalue weighted by Crippen LogP contribution is 2.30. The van der Waals surface area contributed by atoms with E-state index < -0.39 is 0 Å². The highest BCUT2D eigenvalue weighted by atomic mass is 16.1. The average Bonchev–Trinajstić information content (AvgIpc) is 3.22. The predicted octanol–water partition coefficient (Wildman–Crippen LogP) is 3.09. The molecule has 0 radical (unpaired) electrons. The van der Waals surface area contributed by atoms with Crippen molar-refractivity contribution in [2.45, 2.75) is 13.5 Å². The number of nitrogens with one attached hydrogen (secondary N) is 1. The maximum absolute atomic E-state index is 12.2. The molecular weight excluding hydrogens is 416 g/mol. The van der Waals surface area contributed by atoms with Crippen LogP contribution in [0.4, 0.5) is 5.82 Å². The molecular formula is C24H20N8O. The van der Waals surface area contributed by atoms with Crippen LogP contribution < -0.4 is 11.1 Å². The van der Waals surface area contributed by atoms with E-state index in [1.54, 1.807) is 6.20 Å². The van der Waals surface area contributed by atoms with Gasteiger partial charge in [-0.05, 0) is 42.8 Å². The summed E-state index contributed by atoms with van der Waals surface area (Å²) in [7, 11) is 0. The molecule has 1 aromatic carbocycles. The molecule has 5 rings (SSSR count). The summed E-state index contributed by atoms with van der Waals surface area (Å²) in [6, 6.07) is 13.5. The number of aryl methyl sites for hydroxylation is 1. The number of rotatable bonds is 5. The fraction of sp³-hybridized carbons (Fsp3) is 0.0833. The Balaban J connectivity index is 1.48. The lowest BCUT2D eigenvalue weighted by atomic mass is 10.2. The number of fused-ring (bicyclic) bond motifs is 1. The van der Waals surface area contributed by atoms with Crippen molar-refractivity contribution in [3.8, 4) is 17.1 Å². The third-order valence-corrected chi connectivity index (χ3v) is 5.20. The highest BCUT2D eigenvalue weighted by Gasteiger charge is 2.17. The molecule has 4 heterocycles. The van der Waals surface area contributed by atoms with Crippen LogP contribution in [0.1, 0.15) is 21.7 Å². The minimum atomic E-state index is -0.274. The largest absolute Gasteiger partial charge is 0.383 e. The summed E-state index contributed by atoms with van der Waals surface area (Å²) in [5, 5.41) is 2.85. The molecule has 9 nitrogen and oxygen atoms in total. The van der Waals surface area contributed by atoms with Gasteiger partial charge in [-0.15, -0.1) is 0 Å². The number of benzene rings is 1. The number of hydrogen-bond donors (Lipinski definition) is 2. The van der Waals surface area contributed by atoms with Gasteiger partial charge < -0.3 is 11.1 Å². The summed E-state index contributed by atoms with van der Waals surface area (Å²) in [6.45, 7) is 2.30. The lowest BCUT2D eigenvalue weighted by Crippen LogP contribution is -2.23. The zero-order valence-electron chi connectivity index (χ0n) is 17.8. The van der Waals surface area contributed by atoms with Crippen LogP contribution in [0, 0.1) is 6.92 Å². The molecule has 0 fully saturated rings. The number of anilines is 1. The number of imidazole rings is 1. The minimum absolute atomic E-state index is 0.274. The maximum atomic E-state index is 12.2. The van der Waals surface area contributed by atoms with Gasteiger partial charge in [0.1, 0.15) is 17.3 Å². The number of carbonyl (C=O) groups excluding carboxylic acids is 1. The second kappa shape index (κ2) is 8.46. The van der Waals surface area contributed by atoms with Gasteiger partial charge in [-0.2, -0.15) is 0 Å². The zero-order chi connectivity index (χ0) is 22.8. The van der Waals surface area contributed by atoms with E-state index in [0.717, 1.165) is 33.5 Å². The molecule has 4 aromatic heterocycles. The van der Waals surface area contributed by atoms with E-state index in [2.05, 4.69) is 25.3 Å². The van der Waals surface area contributed by atoms with Crippen molar-refractivity contribution in [1.82, 2.24) is 34.8 Å². The molecule has 0 bridgehead atoms. The van der Waals surface area contributed by atoms with Crippen LogP contribution in [0.3, 0.4) is 0 Å². The Morgan fingerprint density at radius 2 is 1.88 bits per heavy atom. The minimum Gasteiger partial charge on any atom is -0.383 e. The molecule has 0 atom stereocenters. The van der Waals surface area contributed by atoms with Gasteiger partial charge in [0.05, 0.1) is 29.0 Å². The van der Waals surface area contributed by atoms with E-state index in [9.17, 15) is 4.79 Å². The standard InChI is InChI=1S/C24H20N8O/c1-15-11-19-21(14-29-15)32(23(31-19)18-3-2-8-28-22(18)25)17-6-4-16(5-7-17)12-30-24(33)20-13-26-9-10-27-20/h2-11,13-14H,12H2,1H3,(H2,25,28)(H,30,33). The van der Waals surface area contributed by atoms with E-state index in [4.69, 9.17) is 10.7 Å². The zero-order valence-corrected chi connectivity index (χ0v) is 17.8. The molecule has 1 amide bonds. The van der Waals surface area contributed by atoms with Crippen LogP contribution in [0.5, 0.6) is 0 Å². The van der Waals surface area contributed by atoms with E-state index in [0.29, 0.717) is 18.2 Å².